The molecular weight excluding hydrogens is 242 g/mol. The number of benzene rings is 1. The van der Waals surface area contributed by atoms with Crippen LogP contribution >= 0.6 is 23.7 Å². The van der Waals surface area contributed by atoms with Crippen LogP contribution in [0.25, 0.3) is 0 Å². The molecule has 0 heterocycles. The minimum Gasteiger partial charge on any atom is -0.508 e. The monoisotopic (exact) mass is 249 g/mol. The summed E-state index contributed by atoms with van der Waals surface area (Å²) in [6.07, 6.45) is 0. The molecule has 0 aliphatic rings. The van der Waals surface area contributed by atoms with Crippen molar-refractivity contribution in [3.63, 3.8) is 0 Å². The van der Waals surface area contributed by atoms with Gasteiger partial charge in [0.2, 0.25) is 0 Å². The van der Waals surface area contributed by atoms with Gasteiger partial charge >= 0.3 is 0 Å². The molecule has 0 aromatic heterocycles. The molecule has 0 bridgehead atoms. The molecule has 12 heavy (non-hydrogen) atoms. The van der Waals surface area contributed by atoms with Gasteiger partial charge < -0.3 is 5.11 Å². The average molecular weight is 250 g/mol. The fourth-order valence-electron chi connectivity index (χ4n) is 0.428. The summed E-state index contributed by atoms with van der Waals surface area (Å²) in [4.78, 5) is 0. The summed E-state index contributed by atoms with van der Waals surface area (Å²) < 4.78 is 12.9. The second-order valence-electron chi connectivity index (χ2n) is 1.34. The Morgan fingerprint density at radius 2 is 1.17 bits per heavy atom. The Bertz CT molecular complexity index is 151. The Morgan fingerprint density at radius 3 is 1.33 bits per heavy atom. The van der Waals surface area contributed by atoms with Gasteiger partial charge in [-0.2, -0.15) is 0 Å². The topological polar surface area (TPSA) is 60.7 Å². The Morgan fingerprint density at radius 1 is 0.833 bits per heavy atom. The number of phenols is 1. The quantitative estimate of drug-likeness (QED) is 0.656. The Hall–Kier alpha value is 0.104. The molecule has 0 saturated carbocycles. The average Bonchev–Trinajstić information content (AvgIpc) is 2.13. The van der Waals surface area contributed by atoms with Crippen molar-refractivity contribution < 1.29 is 33.0 Å². The second kappa shape index (κ2) is 17.3. The van der Waals surface area contributed by atoms with Gasteiger partial charge in [-0.05, 0) is 12.1 Å². The van der Waals surface area contributed by atoms with Crippen LogP contribution in [0.5, 0.6) is 5.75 Å². The molecule has 3 N–H and O–H groups in total. The molecule has 0 aliphatic carbocycles. The summed E-state index contributed by atoms with van der Waals surface area (Å²) in [6, 6.07) is 8.71. The van der Waals surface area contributed by atoms with E-state index in [1.54, 1.807) is 24.3 Å². The third-order valence-electron chi connectivity index (χ3n) is 0.756. The first-order valence-electron chi connectivity index (χ1n) is 2.47. The van der Waals surface area contributed by atoms with Crippen LogP contribution in [0, 0.1) is 0 Å². The molecule has 1 radical (unpaired) electrons. The predicted molar refractivity (Wildman–Crippen MR) is 44.3 cm³/mol. The molecule has 0 unspecified atom stereocenters. The van der Waals surface area contributed by atoms with Crippen molar-refractivity contribution >= 4 is 23.7 Å². The van der Waals surface area contributed by atoms with E-state index in [0.29, 0.717) is 5.75 Å². The number of aromatic hydroxyl groups is 1. The number of phenolic OH excluding ortho intramolecular Hbond substituents is 1. The van der Waals surface area contributed by atoms with E-state index in [0.717, 1.165) is 0 Å². The SMILES string of the molecule is OCl.OCl.Oc1ccccc1.[V]. The van der Waals surface area contributed by atoms with Crippen molar-refractivity contribution in [2.24, 2.45) is 0 Å². The Kier molecular flexibility index (Phi) is 25.9. The first kappa shape index (κ1) is 18.0. The zero-order valence-electron chi connectivity index (χ0n) is 5.93. The van der Waals surface area contributed by atoms with Crippen molar-refractivity contribution in [1.82, 2.24) is 0 Å². The van der Waals surface area contributed by atoms with Crippen LogP contribution in [0.4, 0.5) is 0 Å². The Balaban J connectivity index is -0.000000144. The van der Waals surface area contributed by atoms with Gasteiger partial charge in [0, 0.05) is 18.6 Å². The summed E-state index contributed by atoms with van der Waals surface area (Å²) in [7, 11) is 0. The molecule has 1 aromatic carbocycles. The maximum absolute atomic E-state index is 8.63. The number of halogens is 2. The molecule has 0 amide bonds. The smallest absolute Gasteiger partial charge is 0.115 e. The van der Waals surface area contributed by atoms with Gasteiger partial charge in [0.15, 0.2) is 0 Å². The summed E-state index contributed by atoms with van der Waals surface area (Å²) in [5.74, 6) is 0.322. The van der Waals surface area contributed by atoms with E-state index in [1.165, 1.54) is 0 Å². The van der Waals surface area contributed by atoms with Crippen LogP contribution in [0.2, 0.25) is 0 Å². The normalized spacial score (nSPS) is 6.00. The Labute approximate surface area is 92.8 Å². The molecule has 69 valence electrons. The number of hydrogen-bond donors (Lipinski definition) is 3. The standard InChI is InChI=1S/C6H6O.2ClHO.V/c7-6-4-2-1-3-5-6;2*1-2;/h1-5,7H;2*2H;. The third kappa shape index (κ3) is 12.8. The van der Waals surface area contributed by atoms with Gasteiger partial charge in [0.1, 0.15) is 5.75 Å². The molecule has 0 fully saturated rings. The van der Waals surface area contributed by atoms with Gasteiger partial charge in [0.05, 0.1) is 23.7 Å². The zero-order valence-corrected chi connectivity index (χ0v) is 8.84. The third-order valence-corrected chi connectivity index (χ3v) is 0.756. The summed E-state index contributed by atoms with van der Waals surface area (Å²) in [5, 5.41) is 8.63. The van der Waals surface area contributed by atoms with E-state index in [2.05, 4.69) is 23.7 Å². The van der Waals surface area contributed by atoms with Crippen LogP contribution in [0.15, 0.2) is 30.3 Å². The van der Waals surface area contributed by atoms with Gasteiger partial charge in [-0.1, -0.05) is 18.2 Å². The minimum atomic E-state index is 0. The first-order valence-corrected chi connectivity index (χ1v) is 3.15. The van der Waals surface area contributed by atoms with Crippen LogP contribution < -0.4 is 0 Å². The van der Waals surface area contributed by atoms with Crippen molar-refractivity contribution in [2.75, 3.05) is 0 Å². The van der Waals surface area contributed by atoms with Crippen molar-refractivity contribution in [3.8, 4) is 5.75 Å². The molecule has 0 atom stereocenters. The van der Waals surface area contributed by atoms with Gasteiger partial charge in [0.25, 0.3) is 0 Å². The van der Waals surface area contributed by atoms with E-state index >= 15 is 0 Å². The molecule has 1 rings (SSSR count). The second-order valence-corrected chi connectivity index (χ2v) is 1.34. The predicted octanol–water partition coefficient (Wildman–Crippen LogP) is 1.65. The summed E-state index contributed by atoms with van der Waals surface area (Å²) in [5.41, 5.74) is 0. The summed E-state index contributed by atoms with van der Waals surface area (Å²) in [6.45, 7) is 0. The maximum Gasteiger partial charge on any atom is 0.115 e. The van der Waals surface area contributed by atoms with Crippen LogP contribution in [0.1, 0.15) is 0 Å². The van der Waals surface area contributed by atoms with Crippen molar-refractivity contribution in [1.29, 1.82) is 0 Å². The summed E-state index contributed by atoms with van der Waals surface area (Å²) >= 11 is 7.28. The fourth-order valence-corrected chi connectivity index (χ4v) is 0.428. The van der Waals surface area contributed by atoms with E-state index in [1.807, 2.05) is 6.07 Å². The minimum absolute atomic E-state index is 0. The van der Waals surface area contributed by atoms with Crippen LogP contribution in [-0.4, -0.2) is 14.4 Å². The van der Waals surface area contributed by atoms with Gasteiger partial charge in [-0.25, -0.2) is 0 Å². The number of hydrogen-bond acceptors (Lipinski definition) is 3. The fraction of sp³-hybridized carbons (Fsp3) is 0. The number of para-hydroxylation sites is 1. The maximum atomic E-state index is 8.63. The zero-order chi connectivity index (χ0) is 9.11. The van der Waals surface area contributed by atoms with Gasteiger partial charge in [-0.15, -0.1) is 0 Å². The van der Waals surface area contributed by atoms with Crippen molar-refractivity contribution in [2.45, 2.75) is 0 Å². The van der Waals surface area contributed by atoms with E-state index in [4.69, 9.17) is 14.4 Å². The first-order chi connectivity index (χ1) is 5.39. The van der Waals surface area contributed by atoms with E-state index in [9.17, 15) is 0 Å². The molecule has 1 aromatic rings. The molecular formula is C6H8Cl2O3V. The molecule has 6 heteroatoms. The largest absolute Gasteiger partial charge is 0.508 e. The van der Waals surface area contributed by atoms with Crippen molar-refractivity contribution in [3.05, 3.63) is 30.3 Å². The number of rotatable bonds is 0. The van der Waals surface area contributed by atoms with E-state index < -0.39 is 0 Å². The van der Waals surface area contributed by atoms with Gasteiger partial charge in [-0.3, -0.25) is 9.32 Å². The van der Waals surface area contributed by atoms with Crippen LogP contribution in [0.3, 0.4) is 0 Å². The molecule has 0 aliphatic heterocycles. The molecule has 0 saturated heterocycles. The van der Waals surface area contributed by atoms with E-state index in [-0.39, 0.29) is 18.6 Å². The molecule has 0 spiro atoms. The molecule has 3 nitrogen and oxygen atoms in total. The van der Waals surface area contributed by atoms with Crippen LogP contribution in [-0.2, 0) is 18.6 Å².